The van der Waals surface area contributed by atoms with Crippen molar-refractivity contribution in [1.29, 1.82) is 0 Å². The normalized spacial score (nSPS) is 17.6. The van der Waals surface area contributed by atoms with Gasteiger partial charge in [0.05, 0.1) is 0 Å². The van der Waals surface area contributed by atoms with Crippen LogP contribution in [0.1, 0.15) is 12.8 Å². The van der Waals surface area contributed by atoms with Crippen LogP contribution in [0.5, 0.6) is 0 Å². The fraction of sp³-hybridized carbons (Fsp3) is 0.357. The Kier molecular flexibility index (Phi) is 7.37. The number of rotatable bonds is 5. The van der Waals surface area contributed by atoms with Crippen LogP contribution in [0.25, 0.3) is 0 Å². The van der Waals surface area contributed by atoms with Crippen molar-refractivity contribution in [2.75, 3.05) is 13.2 Å². The quantitative estimate of drug-likeness (QED) is 0.785. The second-order valence-electron chi connectivity index (χ2n) is 5.11. The molecular formula is C14H22Cl2O2Zr. The molecule has 0 radical (unpaired) electrons. The standard InChI is InChI=1S/2C5H5.C2H5O2.CH3.CH2.2ClH.Zr/c2*1-2-4-5-3-1;3-1-2-4;;;;;/h2*1-3H,4H2;3H,1-2H2;1H3;1H2;2*1H;/q;;-1;;;;;+1. The van der Waals surface area contributed by atoms with Crippen LogP contribution in [0.15, 0.2) is 43.0 Å². The van der Waals surface area contributed by atoms with Crippen LogP contribution in [0.3, 0.4) is 0 Å². The Balaban J connectivity index is 0.00000162. The Morgan fingerprint density at radius 2 is 1.63 bits per heavy atom. The predicted molar refractivity (Wildman–Crippen MR) is 84.2 cm³/mol. The second-order valence-corrected chi connectivity index (χ2v) is 18.2. The van der Waals surface area contributed by atoms with Crippen molar-refractivity contribution >= 4 is 29.0 Å². The van der Waals surface area contributed by atoms with Crippen molar-refractivity contribution in [3.8, 4) is 0 Å². The van der Waals surface area contributed by atoms with Crippen LogP contribution < -0.4 is 0 Å². The molecule has 0 atom stereocenters. The monoisotopic (exact) mass is 382 g/mol. The molecule has 0 saturated heterocycles. The van der Waals surface area contributed by atoms with Gasteiger partial charge in [0.1, 0.15) is 0 Å². The summed E-state index contributed by atoms with van der Waals surface area (Å²) in [6, 6.07) is 0. The van der Waals surface area contributed by atoms with E-state index in [0.717, 1.165) is 12.8 Å². The first-order valence-electron chi connectivity index (χ1n) is 6.10. The number of hydrogen-bond donors (Lipinski definition) is 1. The first-order chi connectivity index (χ1) is 8.07. The fourth-order valence-corrected chi connectivity index (χ4v) is 11.9. The predicted octanol–water partition coefficient (Wildman–Crippen LogP) is 3.61. The molecule has 0 unspecified atom stereocenters. The number of hydrogen-bond acceptors (Lipinski definition) is 2. The van der Waals surface area contributed by atoms with Crippen molar-refractivity contribution in [2.45, 2.75) is 17.5 Å². The van der Waals surface area contributed by atoms with Crippen molar-refractivity contribution in [3.63, 3.8) is 0 Å². The third-order valence-corrected chi connectivity index (χ3v) is 16.3. The van der Waals surface area contributed by atoms with E-state index in [1.54, 1.807) is 0 Å². The van der Waals surface area contributed by atoms with E-state index in [0.29, 0.717) is 6.61 Å². The summed E-state index contributed by atoms with van der Waals surface area (Å²) in [5.74, 6) is 0. The topological polar surface area (TPSA) is 29.5 Å². The zero-order valence-corrected chi connectivity index (χ0v) is 15.3. The van der Waals surface area contributed by atoms with Crippen molar-refractivity contribution in [1.82, 2.24) is 0 Å². The number of aliphatic hydroxyl groups is 1. The van der Waals surface area contributed by atoms with Gasteiger partial charge >= 0.3 is 105 Å². The van der Waals surface area contributed by atoms with Gasteiger partial charge in [-0.2, -0.15) is 0 Å². The van der Waals surface area contributed by atoms with Crippen molar-refractivity contribution < 1.29 is 26.7 Å². The Bertz CT molecular complexity index is 468. The molecule has 0 aromatic rings. The molecule has 0 amide bonds. The third kappa shape index (κ3) is 3.65. The van der Waals surface area contributed by atoms with Crippen LogP contribution in [0, 0.1) is 0 Å². The Labute approximate surface area is 129 Å². The van der Waals surface area contributed by atoms with Crippen LogP contribution in [-0.2, 0) is 21.6 Å². The maximum absolute atomic E-state index is 9.04. The molecule has 0 aromatic heterocycles. The number of halogens is 2. The third-order valence-electron chi connectivity index (χ3n) is 3.81. The average molecular weight is 384 g/mol. The van der Waals surface area contributed by atoms with E-state index in [1.807, 2.05) is 0 Å². The summed E-state index contributed by atoms with van der Waals surface area (Å²) in [6.07, 6.45) is 14.7. The molecule has 2 aliphatic rings. The summed E-state index contributed by atoms with van der Waals surface area (Å²) >= 11 is -3.70. The van der Waals surface area contributed by atoms with Gasteiger partial charge in [0.15, 0.2) is 0 Å². The van der Waals surface area contributed by atoms with Gasteiger partial charge in [-0.1, -0.05) is 0 Å². The van der Waals surface area contributed by atoms with E-state index in [1.165, 1.54) is 6.56 Å². The van der Waals surface area contributed by atoms with E-state index in [9.17, 15) is 0 Å². The second kappa shape index (κ2) is 7.29. The summed E-state index contributed by atoms with van der Waals surface area (Å²) in [4.78, 5) is 0. The van der Waals surface area contributed by atoms with Gasteiger partial charge in [0, 0.05) is 0 Å². The fourth-order valence-electron chi connectivity index (χ4n) is 2.58. The molecule has 0 heterocycles. The van der Waals surface area contributed by atoms with Crippen molar-refractivity contribution in [3.05, 3.63) is 43.0 Å². The first kappa shape index (κ1) is 19.2. The molecule has 2 aliphatic carbocycles. The minimum absolute atomic E-state index is 0. The molecule has 108 valence electrons. The van der Waals surface area contributed by atoms with Crippen LogP contribution in [0.2, 0.25) is 4.63 Å². The molecule has 19 heavy (non-hydrogen) atoms. The van der Waals surface area contributed by atoms with E-state index in [2.05, 4.69) is 45.3 Å². The molecular weight excluding hydrogens is 362 g/mol. The van der Waals surface area contributed by atoms with E-state index < -0.39 is 18.7 Å². The maximum atomic E-state index is 9.04. The van der Waals surface area contributed by atoms with E-state index >= 15 is 0 Å². The van der Waals surface area contributed by atoms with Gasteiger partial charge in [-0.15, -0.1) is 24.8 Å². The van der Waals surface area contributed by atoms with Gasteiger partial charge < -0.3 is 0 Å². The summed E-state index contributed by atoms with van der Waals surface area (Å²) < 4.78 is 15.7. The van der Waals surface area contributed by atoms with Crippen molar-refractivity contribution in [2.24, 2.45) is 0 Å². The molecule has 2 rings (SSSR count). The van der Waals surface area contributed by atoms with E-state index in [4.69, 9.17) is 7.92 Å². The Hall–Kier alpha value is 0.213. The average Bonchev–Trinajstić information content (AvgIpc) is 2.98. The summed E-state index contributed by atoms with van der Waals surface area (Å²) in [5, 5.41) is 9.04. The molecule has 0 spiro atoms. The Morgan fingerprint density at radius 3 is 1.95 bits per heavy atom. The minimum atomic E-state index is -3.70. The van der Waals surface area contributed by atoms with Crippen LogP contribution in [-0.4, -0.2) is 22.5 Å². The SMILES string of the molecule is Cl.Cl.[CH2]=[Zr]([CH3])([O]CCO)([C]1=CC=CC1)[C]1=CC=CC1. The zero-order chi connectivity index (χ0) is 12.4. The molecule has 5 heteroatoms. The first-order valence-corrected chi connectivity index (χ1v) is 13.8. The van der Waals surface area contributed by atoms with Gasteiger partial charge in [-0.25, -0.2) is 0 Å². The molecule has 0 fully saturated rings. The van der Waals surface area contributed by atoms with Crippen LogP contribution >= 0.6 is 24.8 Å². The Morgan fingerprint density at radius 1 is 1.16 bits per heavy atom. The molecule has 0 aliphatic heterocycles. The molecule has 2 nitrogen and oxygen atoms in total. The zero-order valence-electron chi connectivity index (χ0n) is 11.2. The van der Waals surface area contributed by atoms with Gasteiger partial charge in [0.25, 0.3) is 0 Å². The molecule has 0 aromatic carbocycles. The van der Waals surface area contributed by atoms with Gasteiger partial charge in [-0.05, 0) is 0 Å². The summed E-state index contributed by atoms with van der Waals surface area (Å²) in [5.41, 5.74) is 0. The number of aliphatic hydroxyl groups excluding tert-OH is 1. The molecule has 0 saturated carbocycles. The summed E-state index contributed by atoms with van der Waals surface area (Å²) in [7, 11) is 0. The van der Waals surface area contributed by atoms with Gasteiger partial charge in [-0.3, -0.25) is 0 Å². The van der Waals surface area contributed by atoms with Gasteiger partial charge in [0.2, 0.25) is 0 Å². The summed E-state index contributed by atoms with van der Waals surface area (Å²) in [6.45, 7) is 0.453. The van der Waals surface area contributed by atoms with E-state index in [-0.39, 0.29) is 31.4 Å². The van der Waals surface area contributed by atoms with Crippen LogP contribution in [0.4, 0.5) is 0 Å². The molecule has 0 bridgehead atoms. The molecule has 1 N–H and O–H groups in total. The number of allylic oxidation sites excluding steroid dienone is 8.